The lowest BCUT2D eigenvalue weighted by Gasteiger charge is -2.15. The number of ether oxygens (including phenoxy) is 1. The molecule has 1 aliphatic rings. The first-order valence-electron chi connectivity index (χ1n) is 9.40. The minimum Gasteiger partial charge on any atom is -0.470 e. The zero-order valence-electron chi connectivity index (χ0n) is 16.4. The van der Waals surface area contributed by atoms with Gasteiger partial charge in [0.15, 0.2) is 11.6 Å². The van der Waals surface area contributed by atoms with Gasteiger partial charge in [-0.15, -0.1) is 0 Å². The van der Waals surface area contributed by atoms with Crippen LogP contribution in [0.5, 0.6) is 5.88 Å². The summed E-state index contributed by atoms with van der Waals surface area (Å²) in [6.07, 6.45) is 6.19. The number of benzene rings is 1. The second-order valence-corrected chi connectivity index (χ2v) is 7.11. The second-order valence-electron chi connectivity index (χ2n) is 7.11. The summed E-state index contributed by atoms with van der Waals surface area (Å²) in [5.74, 6) is 0.680. The first-order chi connectivity index (χ1) is 13.4. The maximum Gasteiger partial charge on any atom is 0.216 e. The van der Waals surface area contributed by atoms with E-state index in [9.17, 15) is 9.59 Å². The summed E-state index contributed by atoms with van der Waals surface area (Å²) in [4.78, 5) is 32.7. The van der Waals surface area contributed by atoms with Crippen molar-refractivity contribution in [2.24, 2.45) is 0 Å². The predicted octanol–water partition coefficient (Wildman–Crippen LogP) is 4.82. The third kappa shape index (κ3) is 4.80. The number of Topliss-reactive ketones (excluding diaryl/α,β-unsaturated/α-hetero) is 2. The topological polar surface area (TPSA) is 69.2 Å². The molecule has 0 bridgehead atoms. The van der Waals surface area contributed by atoms with Gasteiger partial charge in [0.05, 0.1) is 0 Å². The van der Waals surface area contributed by atoms with Crippen LogP contribution in [-0.4, -0.2) is 21.5 Å². The highest BCUT2D eigenvalue weighted by Gasteiger charge is 2.19. The fraction of sp³-hybridized carbons (Fsp3) is 0.304. The highest BCUT2D eigenvalue weighted by atomic mass is 16.5. The van der Waals surface area contributed by atoms with Crippen molar-refractivity contribution in [3.63, 3.8) is 0 Å². The van der Waals surface area contributed by atoms with Crippen molar-refractivity contribution in [1.29, 1.82) is 0 Å². The van der Waals surface area contributed by atoms with Crippen LogP contribution in [0.25, 0.3) is 0 Å². The van der Waals surface area contributed by atoms with Gasteiger partial charge < -0.3 is 4.74 Å². The maximum absolute atomic E-state index is 12.5. The first kappa shape index (κ1) is 19.7. The molecule has 0 saturated heterocycles. The molecule has 144 valence electrons. The van der Waals surface area contributed by atoms with Crippen molar-refractivity contribution in [1.82, 2.24) is 9.97 Å². The van der Waals surface area contributed by atoms with E-state index in [1.54, 1.807) is 12.3 Å². The van der Waals surface area contributed by atoms with Crippen LogP contribution in [0.3, 0.4) is 0 Å². The lowest BCUT2D eigenvalue weighted by Crippen LogP contribution is -2.11. The summed E-state index contributed by atoms with van der Waals surface area (Å²) < 4.78 is 5.77. The molecule has 28 heavy (non-hydrogen) atoms. The van der Waals surface area contributed by atoms with E-state index in [4.69, 9.17) is 4.74 Å². The Labute approximate surface area is 165 Å². The molecule has 2 aromatic rings. The molecule has 0 aliphatic heterocycles. The maximum atomic E-state index is 12.5. The van der Waals surface area contributed by atoms with Gasteiger partial charge in [-0.2, -0.15) is 0 Å². The fourth-order valence-corrected chi connectivity index (χ4v) is 3.34. The summed E-state index contributed by atoms with van der Waals surface area (Å²) in [5.41, 5.74) is 4.43. The van der Waals surface area contributed by atoms with Crippen molar-refractivity contribution < 1.29 is 14.3 Å². The van der Waals surface area contributed by atoms with Crippen LogP contribution < -0.4 is 4.74 Å². The fourth-order valence-electron chi connectivity index (χ4n) is 3.34. The van der Waals surface area contributed by atoms with E-state index in [1.807, 2.05) is 51.1 Å². The SMILES string of the molecule is CC1=CC(C)=C(CCC(=O)c2ccc(C(C)Oc3ccncn3)cc2)C(=O)C1. The van der Waals surface area contributed by atoms with Crippen molar-refractivity contribution in [3.8, 4) is 5.88 Å². The third-order valence-electron chi connectivity index (χ3n) is 4.87. The summed E-state index contributed by atoms with van der Waals surface area (Å²) in [6, 6.07) is 9.11. The van der Waals surface area contributed by atoms with Crippen molar-refractivity contribution in [2.75, 3.05) is 0 Å². The first-order valence-corrected chi connectivity index (χ1v) is 9.40. The molecule has 1 heterocycles. The molecular weight excluding hydrogens is 352 g/mol. The van der Waals surface area contributed by atoms with Crippen LogP contribution >= 0.6 is 0 Å². The van der Waals surface area contributed by atoms with Gasteiger partial charge >= 0.3 is 0 Å². The Hall–Kier alpha value is -3.08. The quantitative estimate of drug-likeness (QED) is 0.648. The van der Waals surface area contributed by atoms with Gasteiger partial charge in [0.25, 0.3) is 0 Å². The Bertz CT molecular complexity index is 928. The van der Waals surface area contributed by atoms with E-state index in [-0.39, 0.29) is 17.7 Å². The average molecular weight is 376 g/mol. The van der Waals surface area contributed by atoms with Crippen LogP contribution in [0.2, 0.25) is 0 Å². The van der Waals surface area contributed by atoms with Crippen LogP contribution in [0, 0.1) is 0 Å². The molecule has 5 nitrogen and oxygen atoms in total. The number of nitrogens with zero attached hydrogens (tertiary/aromatic N) is 2. The molecule has 1 atom stereocenters. The number of hydrogen-bond donors (Lipinski definition) is 0. The summed E-state index contributed by atoms with van der Waals surface area (Å²) in [7, 11) is 0. The number of carbonyl (C=O) groups is 2. The van der Waals surface area contributed by atoms with E-state index in [2.05, 4.69) is 9.97 Å². The summed E-state index contributed by atoms with van der Waals surface area (Å²) in [6.45, 7) is 5.83. The molecule has 1 aliphatic carbocycles. The smallest absolute Gasteiger partial charge is 0.216 e. The third-order valence-corrected chi connectivity index (χ3v) is 4.87. The molecule has 1 unspecified atom stereocenters. The minimum atomic E-state index is -0.193. The van der Waals surface area contributed by atoms with Gasteiger partial charge in [0.2, 0.25) is 5.88 Å². The van der Waals surface area contributed by atoms with E-state index in [0.717, 1.165) is 22.3 Å². The van der Waals surface area contributed by atoms with Crippen LogP contribution in [0.15, 0.2) is 65.7 Å². The molecule has 0 N–H and O–H groups in total. The van der Waals surface area contributed by atoms with Crippen LogP contribution in [0.4, 0.5) is 0 Å². The van der Waals surface area contributed by atoms with Crippen molar-refractivity contribution in [3.05, 3.63) is 76.8 Å². The lowest BCUT2D eigenvalue weighted by molar-refractivity contribution is -0.115. The van der Waals surface area contributed by atoms with E-state index >= 15 is 0 Å². The number of aromatic nitrogens is 2. The van der Waals surface area contributed by atoms with Crippen LogP contribution in [-0.2, 0) is 4.79 Å². The molecule has 0 spiro atoms. The Morgan fingerprint density at radius 2 is 1.93 bits per heavy atom. The lowest BCUT2D eigenvalue weighted by atomic mass is 9.89. The second kappa shape index (κ2) is 8.74. The van der Waals surface area contributed by atoms with E-state index in [1.165, 1.54) is 6.33 Å². The van der Waals surface area contributed by atoms with Crippen LogP contribution in [0.1, 0.15) is 62.1 Å². The Morgan fingerprint density at radius 1 is 1.18 bits per heavy atom. The Balaban J connectivity index is 1.61. The highest BCUT2D eigenvalue weighted by Crippen LogP contribution is 2.25. The Kier molecular flexibility index (Phi) is 6.14. The zero-order valence-corrected chi connectivity index (χ0v) is 16.4. The normalized spacial score (nSPS) is 15.2. The largest absolute Gasteiger partial charge is 0.470 e. The van der Waals surface area contributed by atoms with Gasteiger partial charge in [-0.05, 0) is 43.9 Å². The summed E-state index contributed by atoms with van der Waals surface area (Å²) >= 11 is 0. The van der Waals surface area contributed by atoms with Crippen molar-refractivity contribution >= 4 is 11.6 Å². The van der Waals surface area contributed by atoms with E-state index in [0.29, 0.717) is 30.7 Å². The zero-order chi connectivity index (χ0) is 20.1. The summed E-state index contributed by atoms with van der Waals surface area (Å²) in [5, 5.41) is 0. The van der Waals surface area contributed by atoms with E-state index < -0.39 is 0 Å². The molecule has 5 heteroatoms. The van der Waals surface area contributed by atoms with Gasteiger partial charge in [0, 0.05) is 30.7 Å². The molecule has 1 aromatic heterocycles. The van der Waals surface area contributed by atoms with Gasteiger partial charge in [-0.25, -0.2) is 9.97 Å². The standard InChI is InChI=1S/C23H24N2O3/c1-15-12-16(2)20(22(27)13-15)8-9-21(26)19-6-4-18(5-7-19)17(3)28-23-10-11-24-14-25-23/h4-7,10-12,14,17H,8-9,13H2,1-3H3. The van der Waals surface area contributed by atoms with Gasteiger partial charge in [-0.3, -0.25) is 9.59 Å². The molecule has 3 rings (SSSR count). The Morgan fingerprint density at radius 3 is 2.57 bits per heavy atom. The monoisotopic (exact) mass is 376 g/mol. The van der Waals surface area contributed by atoms with Gasteiger partial charge in [-0.1, -0.05) is 35.9 Å². The average Bonchev–Trinajstić information content (AvgIpc) is 2.68. The van der Waals surface area contributed by atoms with Crippen molar-refractivity contribution in [2.45, 2.75) is 46.1 Å². The molecule has 0 amide bonds. The molecular formula is C23H24N2O3. The molecule has 1 aromatic carbocycles. The molecule has 0 radical (unpaired) electrons. The number of carbonyl (C=O) groups excluding carboxylic acids is 2. The minimum absolute atomic E-state index is 0.0373. The number of allylic oxidation sites excluding steroid dienone is 4. The molecule has 0 saturated carbocycles. The predicted molar refractivity (Wildman–Crippen MR) is 107 cm³/mol. The number of hydrogen-bond acceptors (Lipinski definition) is 5. The van der Waals surface area contributed by atoms with Gasteiger partial charge in [0.1, 0.15) is 12.4 Å². The number of rotatable bonds is 7. The molecule has 0 fully saturated rings. The number of ketones is 2. The highest BCUT2D eigenvalue weighted by molar-refractivity contribution is 6.01.